The van der Waals surface area contributed by atoms with E-state index in [4.69, 9.17) is 9.47 Å². The van der Waals surface area contributed by atoms with Crippen LogP contribution in [0.1, 0.15) is 13.8 Å². The summed E-state index contributed by atoms with van der Waals surface area (Å²) in [6, 6.07) is 19.2. The van der Waals surface area contributed by atoms with Crippen LogP contribution in [0, 0.1) is 5.82 Å². The molecule has 0 aliphatic rings. The highest BCUT2D eigenvalue weighted by molar-refractivity contribution is 8.00. The summed E-state index contributed by atoms with van der Waals surface area (Å²) >= 11 is 1.31. The summed E-state index contributed by atoms with van der Waals surface area (Å²) in [5.41, 5.74) is 2.07. The Labute approximate surface area is 201 Å². The Hall–Kier alpha value is -3.65. The lowest BCUT2D eigenvalue weighted by Crippen LogP contribution is -2.14. The number of hydrogen-bond acceptors (Lipinski definition) is 6. The van der Waals surface area contributed by atoms with Crippen LogP contribution in [0.5, 0.6) is 11.5 Å². The van der Waals surface area contributed by atoms with Gasteiger partial charge in [0.15, 0.2) is 11.5 Å². The number of thioether (sulfide) groups is 1. The Morgan fingerprint density at radius 2 is 1.62 bits per heavy atom. The molecule has 0 atom stereocenters. The molecule has 4 rings (SSSR count). The number of ether oxygens (including phenoxy) is 2. The molecule has 3 aromatic carbocycles. The molecule has 0 fully saturated rings. The Bertz CT molecular complexity index is 1300. The normalized spacial score (nSPS) is 10.8. The number of amides is 1. The minimum absolute atomic E-state index is 0.158. The topological polar surface area (TPSA) is 73.3 Å². The monoisotopic (exact) mass is 477 g/mol. The molecule has 0 spiro atoms. The molecule has 34 heavy (non-hydrogen) atoms. The number of rotatable bonds is 9. The van der Waals surface area contributed by atoms with Gasteiger partial charge in [0.2, 0.25) is 5.91 Å². The molecule has 1 aromatic heterocycles. The first kappa shape index (κ1) is 23.5. The van der Waals surface area contributed by atoms with E-state index in [9.17, 15) is 9.18 Å². The number of nitrogens with zero attached hydrogens (tertiary/aromatic N) is 2. The van der Waals surface area contributed by atoms with Gasteiger partial charge in [0, 0.05) is 28.1 Å². The third-order valence-electron chi connectivity index (χ3n) is 4.94. The second-order valence-electron chi connectivity index (χ2n) is 7.27. The fourth-order valence-electron chi connectivity index (χ4n) is 3.47. The molecule has 4 aromatic rings. The molecule has 0 aliphatic heterocycles. The highest BCUT2D eigenvalue weighted by Gasteiger charge is 2.14. The smallest absolute Gasteiger partial charge is 0.234 e. The van der Waals surface area contributed by atoms with Crippen molar-refractivity contribution in [1.29, 1.82) is 0 Å². The molecular weight excluding hydrogens is 453 g/mol. The first-order valence-electron chi connectivity index (χ1n) is 10.9. The first-order chi connectivity index (χ1) is 16.6. The van der Waals surface area contributed by atoms with E-state index in [2.05, 4.69) is 15.5 Å². The SMILES string of the molecule is CCOc1ccc(NC(=O)CSc2nnc(-c3ccc(F)cc3)c3ccccc23)cc1OCC. The van der Waals surface area contributed by atoms with Crippen LogP contribution in [0.4, 0.5) is 10.1 Å². The second-order valence-corrected chi connectivity index (χ2v) is 8.23. The Kier molecular flexibility index (Phi) is 7.59. The van der Waals surface area contributed by atoms with Crippen molar-refractivity contribution in [3.8, 4) is 22.8 Å². The molecule has 1 N–H and O–H groups in total. The second kappa shape index (κ2) is 11.0. The van der Waals surface area contributed by atoms with Crippen LogP contribution in [0.3, 0.4) is 0 Å². The fraction of sp³-hybridized carbons (Fsp3) is 0.192. The van der Waals surface area contributed by atoms with E-state index in [0.29, 0.717) is 41.1 Å². The molecule has 174 valence electrons. The van der Waals surface area contributed by atoms with Crippen molar-refractivity contribution in [2.75, 3.05) is 24.3 Å². The molecule has 0 radical (unpaired) electrons. The number of anilines is 1. The number of hydrogen-bond donors (Lipinski definition) is 1. The maximum Gasteiger partial charge on any atom is 0.234 e. The average molecular weight is 478 g/mol. The maximum atomic E-state index is 13.3. The molecule has 8 heteroatoms. The highest BCUT2D eigenvalue weighted by atomic mass is 32.2. The lowest BCUT2D eigenvalue weighted by atomic mass is 10.1. The molecule has 0 bridgehead atoms. The van der Waals surface area contributed by atoms with Crippen molar-refractivity contribution in [2.45, 2.75) is 18.9 Å². The number of aromatic nitrogens is 2. The number of nitrogens with one attached hydrogen (secondary N) is 1. The van der Waals surface area contributed by atoms with Gasteiger partial charge in [-0.05, 0) is 50.2 Å². The summed E-state index contributed by atoms with van der Waals surface area (Å²) < 4.78 is 24.5. The van der Waals surface area contributed by atoms with Crippen LogP contribution in [0.2, 0.25) is 0 Å². The van der Waals surface area contributed by atoms with Crippen molar-refractivity contribution in [3.63, 3.8) is 0 Å². The van der Waals surface area contributed by atoms with Crippen LogP contribution in [0.25, 0.3) is 22.0 Å². The predicted molar refractivity (Wildman–Crippen MR) is 133 cm³/mol. The zero-order chi connectivity index (χ0) is 23.9. The Morgan fingerprint density at radius 1 is 0.912 bits per heavy atom. The number of carbonyl (C=O) groups excluding carboxylic acids is 1. The van der Waals surface area contributed by atoms with E-state index in [0.717, 1.165) is 16.3 Å². The number of halogens is 1. The summed E-state index contributed by atoms with van der Waals surface area (Å²) in [5.74, 6) is 0.902. The standard InChI is InChI=1S/C26H24FN3O3S/c1-3-32-22-14-13-19(15-23(22)33-4-2)28-24(31)16-34-26-21-8-6-5-7-20(21)25(29-30-26)17-9-11-18(27)12-10-17/h5-15H,3-4,16H2,1-2H3,(H,28,31). The highest BCUT2D eigenvalue weighted by Crippen LogP contribution is 2.33. The van der Waals surface area contributed by atoms with Gasteiger partial charge < -0.3 is 14.8 Å². The Balaban J connectivity index is 1.49. The summed E-state index contributed by atoms with van der Waals surface area (Å²) in [6.45, 7) is 4.82. The minimum Gasteiger partial charge on any atom is -0.490 e. The molecule has 0 aliphatic carbocycles. The molecule has 1 heterocycles. The third kappa shape index (κ3) is 5.46. The number of benzene rings is 3. The molecule has 0 saturated carbocycles. The zero-order valence-corrected chi connectivity index (χ0v) is 19.7. The van der Waals surface area contributed by atoms with E-state index in [1.54, 1.807) is 30.3 Å². The number of fused-ring (bicyclic) bond motifs is 1. The van der Waals surface area contributed by atoms with Crippen molar-refractivity contribution in [3.05, 3.63) is 72.5 Å². The average Bonchev–Trinajstić information content (AvgIpc) is 2.85. The quantitative estimate of drug-likeness (QED) is 0.300. The van der Waals surface area contributed by atoms with Gasteiger partial charge in [0.25, 0.3) is 0 Å². The van der Waals surface area contributed by atoms with Crippen LogP contribution in [0.15, 0.2) is 71.8 Å². The molecular formula is C26H24FN3O3S. The molecule has 0 saturated heterocycles. The largest absolute Gasteiger partial charge is 0.490 e. The van der Waals surface area contributed by atoms with E-state index >= 15 is 0 Å². The van der Waals surface area contributed by atoms with Crippen molar-refractivity contribution in [2.24, 2.45) is 0 Å². The van der Waals surface area contributed by atoms with E-state index in [-0.39, 0.29) is 17.5 Å². The van der Waals surface area contributed by atoms with E-state index in [1.165, 1.54) is 23.9 Å². The Morgan fingerprint density at radius 3 is 2.35 bits per heavy atom. The van der Waals surface area contributed by atoms with E-state index < -0.39 is 0 Å². The zero-order valence-electron chi connectivity index (χ0n) is 18.9. The summed E-state index contributed by atoms with van der Waals surface area (Å²) in [4.78, 5) is 12.6. The predicted octanol–water partition coefficient (Wildman–Crippen LogP) is 5.96. The summed E-state index contributed by atoms with van der Waals surface area (Å²) in [6.07, 6.45) is 0. The van der Waals surface area contributed by atoms with Gasteiger partial charge in [-0.15, -0.1) is 10.2 Å². The van der Waals surface area contributed by atoms with Crippen molar-refractivity contribution in [1.82, 2.24) is 10.2 Å². The van der Waals surface area contributed by atoms with Crippen LogP contribution < -0.4 is 14.8 Å². The molecule has 6 nitrogen and oxygen atoms in total. The number of carbonyl (C=O) groups is 1. The fourth-order valence-corrected chi connectivity index (χ4v) is 4.24. The molecule has 0 unspecified atom stereocenters. The van der Waals surface area contributed by atoms with Gasteiger partial charge in [0.1, 0.15) is 16.5 Å². The van der Waals surface area contributed by atoms with Crippen LogP contribution in [-0.4, -0.2) is 35.1 Å². The first-order valence-corrected chi connectivity index (χ1v) is 11.9. The lowest BCUT2D eigenvalue weighted by Gasteiger charge is -2.13. The van der Waals surface area contributed by atoms with Gasteiger partial charge in [-0.2, -0.15) is 0 Å². The van der Waals surface area contributed by atoms with Crippen molar-refractivity contribution >= 4 is 34.1 Å². The molecule has 1 amide bonds. The summed E-state index contributed by atoms with van der Waals surface area (Å²) in [5, 5.41) is 14.0. The van der Waals surface area contributed by atoms with Crippen molar-refractivity contribution < 1.29 is 18.7 Å². The van der Waals surface area contributed by atoms with Gasteiger partial charge in [0.05, 0.1) is 19.0 Å². The van der Waals surface area contributed by atoms with Crippen LogP contribution in [-0.2, 0) is 4.79 Å². The van der Waals surface area contributed by atoms with Crippen LogP contribution >= 0.6 is 11.8 Å². The van der Waals surface area contributed by atoms with Gasteiger partial charge in [-0.3, -0.25) is 4.79 Å². The lowest BCUT2D eigenvalue weighted by molar-refractivity contribution is -0.113. The van der Waals surface area contributed by atoms with Gasteiger partial charge >= 0.3 is 0 Å². The summed E-state index contributed by atoms with van der Waals surface area (Å²) in [7, 11) is 0. The van der Waals surface area contributed by atoms with Gasteiger partial charge in [-0.25, -0.2) is 4.39 Å². The van der Waals surface area contributed by atoms with Gasteiger partial charge in [-0.1, -0.05) is 36.0 Å². The maximum absolute atomic E-state index is 13.3. The third-order valence-corrected chi connectivity index (χ3v) is 5.92. The van der Waals surface area contributed by atoms with E-state index in [1.807, 2.05) is 38.1 Å². The minimum atomic E-state index is -0.305.